The molecule has 0 spiro atoms. The second-order valence-corrected chi connectivity index (χ2v) is 5.66. The lowest BCUT2D eigenvalue weighted by atomic mass is 10.2. The molecule has 0 aliphatic rings. The van der Waals surface area contributed by atoms with Crippen molar-refractivity contribution in [1.82, 2.24) is 0 Å². The third-order valence-corrected chi connectivity index (χ3v) is 3.70. The van der Waals surface area contributed by atoms with Crippen molar-refractivity contribution in [1.29, 1.82) is 0 Å². The van der Waals surface area contributed by atoms with Crippen LogP contribution >= 0.6 is 23.8 Å². The quantitative estimate of drug-likeness (QED) is 0.704. The van der Waals surface area contributed by atoms with Crippen LogP contribution in [0.4, 0.5) is 24.5 Å². The molecule has 0 radical (unpaired) electrons. The van der Waals surface area contributed by atoms with Gasteiger partial charge in [0.2, 0.25) is 0 Å². The van der Waals surface area contributed by atoms with E-state index in [1.54, 1.807) is 18.2 Å². The Balaban J connectivity index is 2.13. The summed E-state index contributed by atoms with van der Waals surface area (Å²) in [6.07, 6.45) is -4.55. The number of nitrogens with one attached hydrogen (secondary N) is 2. The molecule has 25 heavy (non-hydrogen) atoms. The lowest BCUT2D eigenvalue weighted by Crippen LogP contribution is -2.19. The van der Waals surface area contributed by atoms with Crippen LogP contribution in [0.3, 0.4) is 0 Å². The highest BCUT2D eigenvalue weighted by Gasteiger charge is 2.33. The topological polar surface area (TPSA) is 42.5 Å². The largest absolute Gasteiger partial charge is 0.493 e. The highest BCUT2D eigenvalue weighted by molar-refractivity contribution is 7.80. The lowest BCUT2D eigenvalue weighted by molar-refractivity contribution is -0.137. The molecule has 134 valence electrons. The maximum Gasteiger partial charge on any atom is 0.417 e. The molecule has 0 aromatic heterocycles. The molecule has 9 heteroatoms. The molecule has 0 saturated heterocycles. The van der Waals surface area contributed by atoms with E-state index in [1.165, 1.54) is 20.3 Å². The third-order valence-electron chi connectivity index (χ3n) is 3.17. The maximum absolute atomic E-state index is 12.9. The number of hydrogen-bond donors (Lipinski definition) is 2. The summed E-state index contributed by atoms with van der Waals surface area (Å²) in [5.74, 6) is 1.03. The first kappa shape index (κ1) is 19.1. The molecule has 0 amide bonds. The van der Waals surface area contributed by atoms with E-state index in [9.17, 15) is 13.2 Å². The Morgan fingerprint density at radius 3 is 2.08 bits per heavy atom. The van der Waals surface area contributed by atoms with Crippen molar-refractivity contribution in [2.45, 2.75) is 6.18 Å². The van der Waals surface area contributed by atoms with E-state index < -0.39 is 11.7 Å². The first-order chi connectivity index (χ1) is 11.7. The summed E-state index contributed by atoms with van der Waals surface area (Å²) in [7, 11) is 3.00. The number of anilines is 2. The Morgan fingerprint density at radius 2 is 1.52 bits per heavy atom. The van der Waals surface area contributed by atoms with E-state index in [0.717, 1.165) is 12.1 Å². The van der Waals surface area contributed by atoms with Crippen molar-refractivity contribution in [2.24, 2.45) is 0 Å². The van der Waals surface area contributed by atoms with Crippen LogP contribution in [0.25, 0.3) is 0 Å². The summed E-state index contributed by atoms with van der Waals surface area (Å²) < 4.78 is 48.9. The van der Waals surface area contributed by atoms with Gasteiger partial charge in [0.25, 0.3) is 0 Å². The molecular weight excluding hydrogens is 377 g/mol. The number of alkyl halides is 3. The summed E-state index contributed by atoms with van der Waals surface area (Å²) in [6, 6.07) is 8.47. The molecule has 0 unspecified atom stereocenters. The van der Waals surface area contributed by atoms with Crippen LogP contribution in [-0.2, 0) is 6.18 Å². The number of thiocarbonyl (C=S) groups is 1. The number of benzene rings is 2. The standard InChI is InChI=1S/C16H14ClF3N2O2S/c1-23-13-6-4-10(8-14(13)24-2)22-15(25)21-9-3-5-12(17)11(7-9)16(18,19)20/h3-8H,1-2H3,(H2,21,22,25). The molecule has 0 aliphatic heterocycles. The highest BCUT2D eigenvalue weighted by Crippen LogP contribution is 2.36. The van der Waals surface area contributed by atoms with E-state index in [-0.39, 0.29) is 15.8 Å². The van der Waals surface area contributed by atoms with E-state index in [4.69, 9.17) is 33.3 Å². The average molecular weight is 391 g/mol. The van der Waals surface area contributed by atoms with Crippen LogP contribution in [0.5, 0.6) is 11.5 Å². The molecular formula is C16H14ClF3N2O2S. The Morgan fingerprint density at radius 1 is 0.960 bits per heavy atom. The van der Waals surface area contributed by atoms with Crippen LogP contribution in [0.1, 0.15) is 5.56 Å². The van der Waals surface area contributed by atoms with E-state index >= 15 is 0 Å². The van der Waals surface area contributed by atoms with E-state index in [2.05, 4.69) is 10.6 Å². The molecule has 2 aromatic rings. The summed E-state index contributed by atoms with van der Waals surface area (Å²) in [5.41, 5.74) is -0.192. The van der Waals surface area contributed by atoms with Gasteiger partial charge in [-0.05, 0) is 42.5 Å². The number of hydrogen-bond acceptors (Lipinski definition) is 3. The first-order valence-corrected chi connectivity index (χ1v) is 7.70. The van der Waals surface area contributed by atoms with Gasteiger partial charge in [0.1, 0.15) is 0 Å². The van der Waals surface area contributed by atoms with Crippen LogP contribution in [0, 0.1) is 0 Å². The van der Waals surface area contributed by atoms with Gasteiger partial charge >= 0.3 is 6.18 Å². The molecule has 2 rings (SSSR count). The Labute approximate surface area is 152 Å². The maximum atomic E-state index is 12.9. The molecule has 0 atom stereocenters. The zero-order chi connectivity index (χ0) is 18.6. The van der Waals surface area contributed by atoms with Crippen molar-refractivity contribution in [3.05, 3.63) is 47.0 Å². The molecule has 0 heterocycles. The Hall–Kier alpha value is -2.19. The predicted octanol–water partition coefficient (Wildman–Crippen LogP) is 5.18. The van der Waals surface area contributed by atoms with E-state index in [0.29, 0.717) is 17.2 Å². The monoisotopic (exact) mass is 390 g/mol. The number of ether oxygens (including phenoxy) is 2. The third kappa shape index (κ3) is 4.90. The Kier molecular flexibility index (Phi) is 5.97. The minimum Gasteiger partial charge on any atom is -0.493 e. The fraction of sp³-hybridized carbons (Fsp3) is 0.188. The summed E-state index contributed by atoms with van der Waals surface area (Å²) >= 11 is 10.7. The van der Waals surface area contributed by atoms with Crippen molar-refractivity contribution in [2.75, 3.05) is 24.9 Å². The van der Waals surface area contributed by atoms with Gasteiger partial charge in [-0.25, -0.2) is 0 Å². The van der Waals surface area contributed by atoms with Gasteiger partial charge in [0.05, 0.1) is 24.8 Å². The first-order valence-electron chi connectivity index (χ1n) is 6.91. The summed E-state index contributed by atoms with van der Waals surface area (Å²) in [4.78, 5) is 0. The van der Waals surface area contributed by atoms with Gasteiger partial charge < -0.3 is 20.1 Å². The van der Waals surface area contributed by atoms with Gasteiger partial charge in [-0.1, -0.05) is 11.6 Å². The zero-order valence-electron chi connectivity index (χ0n) is 13.2. The van der Waals surface area contributed by atoms with Crippen LogP contribution < -0.4 is 20.1 Å². The fourth-order valence-corrected chi connectivity index (χ4v) is 2.49. The van der Waals surface area contributed by atoms with Crippen LogP contribution in [-0.4, -0.2) is 19.3 Å². The van der Waals surface area contributed by atoms with Crippen LogP contribution in [0.2, 0.25) is 5.02 Å². The SMILES string of the molecule is COc1ccc(NC(=S)Nc2ccc(Cl)c(C(F)(F)F)c2)cc1OC. The smallest absolute Gasteiger partial charge is 0.417 e. The molecule has 2 aromatic carbocycles. The van der Waals surface area contributed by atoms with Crippen molar-refractivity contribution < 1.29 is 22.6 Å². The zero-order valence-corrected chi connectivity index (χ0v) is 14.8. The molecule has 0 fully saturated rings. The van der Waals surface area contributed by atoms with Gasteiger partial charge in [0, 0.05) is 17.4 Å². The molecule has 0 saturated carbocycles. The number of rotatable bonds is 4. The summed E-state index contributed by atoms with van der Waals surface area (Å²) in [6.45, 7) is 0. The number of halogens is 4. The average Bonchev–Trinajstić information content (AvgIpc) is 2.55. The fourth-order valence-electron chi connectivity index (χ4n) is 2.03. The second-order valence-electron chi connectivity index (χ2n) is 4.84. The van der Waals surface area contributed by atoms with Crippen molar-refractivity contribution >= 4 is 40.3 Å². The molecule has 4 nitrogen and oxygen atoms in total. The Bertz CT molecular complexity index is 784. The van der Waals surface area contributed by atoms with Gasteiger partial charge in [-0.15, -0.1) is 0 Å². The van der Waals surface area contributed by atoms with Gasteiger partial charge in [-0.2, -0.15) is 13.2 Å². The van der Waals surface area contributed by atoms with Gasteiger partial charge in [0.15, 0.2) is 16.6 Å². The molecule has 0 aliphatic carbocycles. The van der Waals surface area contributed by atoms with Crippen LogP contribution in [0.15, 0.2) is 36.4 Å². The van der Waals surface area contributed by atoms with Crippen molar-refractivity contribution in [3.63, 3.8) is 0 Å². The summed E-state index contributed by atoms with van der Waals surface area (Å²) in [5, 5.41) is 5.28. The predicted molar refractivity (Wildman–Crippen MR) is 95.8 cm³/mol. The van der Waals surface area contributed by atoms with Gasteiger partial charge in [-0.3, -0.25) is 0 Å². The normalized spacial score (nSPS) is 11.0. The highest BCUT2D eigenvalue weighted by atomic mass is 35.5. The lowest BCUT2D eigenvalue weighted by Gasteiger charge is -2.15. The second kappa shape index (κ2) is 7.79. The van der Waals surface area contributed by atoms with E-state index in [1.807, 2.05) is 0 Å². The minimum atomic E-state index is -4.55. The number of methoxy groups -OCH3 is 2. The molecule has 0 bridgehead atoms. The minimum absolute atomic E-state index is 0.114. The molecule has 2 N–H and O–H groups in total. The van der Waals surface area contributed by atoms with Crippen molar-refractivity contribution in [3.8, 4) is 11.5 Å².